The Bertz CT molecular complexity index is 576. The van der Waals surface area contributed by atoms with E-state index in [-0.39, 0.29) is 6.47 Å². The molecule has 8 nitrogen and oxygen atoms in total. The number of hydrogen-bond acceptors (Lipinski definition) is 7. The highest BCUT2D eigenvalue weighted by molar-refractivity contribution is 5.94. The first kappa shape index (κ1) is 16.9. The molecule has 0 aromatic heterocycles. The minimum absolute atomic E-state index is 0.106. The number of carbonyl (C=O) groups excluding carboxylic acids is 3. The number of hydroxylamine groups is 2. The molecule has 0 aliphatic carbocycles. The number of ether oxygens (including phenoxy) is 2. The molecule has 8 heteroatoms. The highest BCUT2D eigenvalue weighted by atomic mass is 16.7. The van der Waals surface area contributed by atoms with Gasteiger partial charge in [0.25, 0.3) is 12.4 Å². The first-order valence-electron chi connectivity index (χ1n) is 6.91. The summed E-state index contributed by atoms with van der Waals surface area (Å²) in [5.74, 6) is -1.40. The normalized spacial score (nSPS) is 27.2. The van der Waals surface area contributed by atoms with Crippen LogP contribution in [0.15, 0.2) is 30.3 Å². The first-order valence-corrected chi connectivity index (χ1v) is 6.91. The molecule has 1 aromatic carbocycles. The largest absolute Gasteiger partial charge is 0.467 e. The molecule has 0 bridgehead atoms. The fourth-order valence-electron chi connectivity index (χ4n) is 2.32. The van der Waals surface area contributed by atoms with E-state index >= 15 is 0 Å². The number of aliphatic hydroxyl groups is 1. The molecule has 1 aliphatic rings. The summed E-state index contributed by atoms with van der Waals surface area (Å²) in [4.78, 5) is 40.3. The van der Waals surface area contributed by atoms with Gasteiger partial charge in [-0.2, -0.15) is 0 Å². The quantitative estimate of drug-likeness (QED) is 0.610. The molecule has 1 N–H and O–H groups in total. The third kappa shape index (κ3) is 3.33. The molecular formula is C15H17NO7. The Morgan fingerprint density at radius 3 is 2.52 bits per heavy atom. The fraction of sp³-hybridized carbons (Fsp3) is 0.400. The number of carbonyl (C=O) groups is 3. The number of esters is 1. The van der Waals surface area contributed by atoms with Crippen LogP contribution in [-0.2, 0) is 23.9 Å². The SMILES string of the molecule is COC(=O)C1ON(C(=O)c2ccccc2)C(C)C(O)C1OC=O. The second-order valence-corrected chi connectivity index (χ2v) is 4.97. The monoisotopic (exact) mass is 323 g/mol. The van der Waals surface area contributed by atoms with Crippen molar-refractivity contribution < 1.29 is 33.8 Å². The van der Waals surface area contributed by atoms with Gasteiger partial charge in [0.05, 0.1) is 13.2 Å². The van der Waals surface area contributed by atoms with Gasteiger partial charge in [-0.15, -0.1) is 0 Å². The molecule has 1 saturated heterocycles. The van der Waals surface area contributed by atoms with Crippen molar-refractivity contribution in [2.24, 2.45) is 0 Å². The summed E-state index contributed by atoms with van der Waals surface area (Å²) in [6, 6.07) is 7.41. The van der Waals surface area contributed by atoms with Gasteiger partial charge < -0.3 is 14.6 Å². The van der Waals surface area contributed by atoms with Gasteiger partial charge >= 0.3 is 5.97 Å². The summed E-state index contributed by atoms with van der Waals surface area (Å²) < 4.78 is 9.32. The van der Waals surface area contributed by atoms with Crippen molar-refractivity contribution in [3.63, 3.8) is 0 Å². The van der Waals surface area contributed by atoms with E-state index in [1.54, 1.807) is 30.3 Å². The summed E-state index contributed by atoms with van der Waals surface area (Å²) in [5, 5.41) is 11.2. The van der Waals surface area contributed by atoms with E-state index in [2.05, 4.69) is 4.74 Å². The molecule has 1 amide bonds. The van der Waals surface area contributed by atoms with Crippen LogP contribution in [0.4, 0.5) is 0 Å². The summed E-state index contributed by atoms with van der Waals surface area (Å²) in [7, 11) is 1.12. The van der Waals surface area contributed by atoms with E-state index in [0.29, 0.717) is 5.56 Å². The lowest BCUT2D eigenvalue weighted by molar-refractivity contribution is -0.277. The molecule has 23 heavy (non-hydrogen) atoms. The molecule has 1 aliphatic heterocycles. The van der Waals surface area contributed by atoms with Crippen molar-refractivity contribution in [1.29, 1.82) is 0 Å². The zero-order valence-electron chi connectivity index (χ0n) is 12.6. The van der Waals surface area contributed by atoms with E-state index in [1.807, 2.05) is 0 Å². The van der Waals surface area contributed by atoms with E-state index in [1.165, 1.54) is 6.92 Å². The van der Waals surface area contributed by atoms with E-state index in [0.717, 1.165) is 12.2 Å². The molecule has 1 aromatic rings. The van der Waals surface area contributed by atoms with Crippen LogP contribution in [0.2, 0.25) is 0 Å². The first-order chi connectivity index (χ1) is 11.0. The fourth-order valence-corrected chi connectivity index (χ4v) is 2.32. The van der Waals surface area contributed by atoms with Gasteiger partial charge in [0, 0.05) is 5.56 Å². The van der Waals surface area contributed by atoms with Crippen molar-refractivity contribution in [1.82, 2.24) is 5.06 Å². The lowest BCUT2D eigenvalue weighted by Gasteiger charge is -2.42. The molecule has 4 unspecified atom stereocenters. The molecule has 124 valence electrons. The predicted molar refractivity (Wildman–Crippen MR) is 75.9 cm³/mol. The molecule has 0 spiro atoms. The van der Waals surface area contributed by atoms with E-state index in [9.17, 15) is 19.5 Å². The molecule has 0 radical (unpaired) electrons. The Labute approximate surface area is 132 Å². The van der Waals surface area contributed by atoms with Gasteiger partial charge in [0.1, 0.15) is 6.10 Å². The van der Waals surface area contributed by atoms with Crippen LogP contribution in [0.25, 0.3) is 0 Å². The second kappa shape index (κ2) is 7.21. The van der Waals surface area contributed by atoms with Crippen LogP contribution < -0.4 is 0 Å². The lowest BCUT2D eigenvalue weighted by Crippen LogP contribution is -2.63. The van der Waals surface area contributed by atoms with Crippen LogP contribution >= 0.6 is 0 Å². The molecule has 1 heterocycles. The van der Waals surface area contributed by atoms with Gasteiger partial charge in [0.15, 0.2) is 6.10 Å². The zero-order valence-corrected chi connectivity index (χ0v) is 12.6. The number of aliphatic hydroxyl groups excluding tert-OH is 1. The molecule has 2 rings (SSSR count). The Morgan fingerprint density at radius 2 is 1.96 bits per heavy atom. The molecular weight excluding hydrogens is 306 g/mol. The van der Waals surface area contributed by atoms with Crippen molar-refractivity contribution in [2.75, 3.05) is 7.11 Å². The summed E-state index contributed by atoms with van der Waals surface area (Å²) in [6.07, 6.45) is -4.02. The maximum atomic E-state index is 12.5. The van der Waals surface area contributed by atoms with Gasteiger partial charge in [-0.3, -0.25) is 14.4 Å². The predicted octanol–water partition coefficient (Wildman–Crippen LogP) is -0.0934. The highest BCUT2D eigenvalue weighted by Crippen LogP contribution is 2.26. The smallest absolute Gasteiger partial charge is 0.341 e. The van der Waals surface area contributed by atoms with Gasteiger partial charge in [-0.1, -0.05) is 18.2 Å². The maximum absolute atomic E-state index is 12.5. The molecule has 4 atom stereocenters. The van der Waals surface area contributed by atoms with Crippen LogP contribution in [-0.4, -0.2) is 60.0 Å². The summed E-state index contributed by atoms with van der Waals surface area (Å²) in [5.41, 5.74) is 0.324. The van der Waals surface area contributed by atoms with Crippen molar-refractivity contribution in [3.05, 3.63) is 35.9 Å². The second-order valence-electron chi connectivity index (χ2n) is 4.97. The van der Waals surface area contributed by atoms with Crippen LogP contribution in [0.1, 0.15) is 17.3 Å². The zero-order chi connectivity index (χ0) is 17.0. The average Bonchev–Trinajstić information content (AvgIpc) is 2.59. The summed E-state index contributed by atoms with van der Waals surface area (Å²) in [6.45, 7) is 1.62. The Hall–Kier alpha value is -2.45. The lowest BCUT2D eigenvalue weighted by atomic mass is 9.99. The third-order valence-electron chi connectivity index (χ3n) is 3.59. The van der Waals surface area contributed by atoms with Gasteiger partial charge in [-0.05, 0) is 19.1 Å². The Kier molecular flexibility index (Phi) is 5.30. The number of rotatable bonds is 4. The van der Waals surface area contributed by atoms with Crippen LogP contribution in [0.5, 0.6) is 0 Å². The van der Waals surface area contributed by atoms with Crippen molar-refractivity contribution in [3.8, 4) is 0 Å². The van der Waals surface area contributed by atoms with Crippen molar-refractivity contribution in [2.45, 2.75) is 31.3 Å². The minimum atomic E-state index is -1.44. The van der Waals surface area contributed by atoms with Crippen LogP contribution in [0, 0.1) is 0 Å². The minimum Gasteiger partial charge on any atom is -0.467 e. The van der Waals surface area contributed by atoms with E-state index < -0.39 is 36.2 Å². The number of methoxy groups -OCH3 is 1. The topological polar surface area (TPSA) is 102 Å². The van der Waals surface area contributed by atoms with Gasteiger partial charge in [0.2, 0.25) is 6.10 Å². The molecule has 0 saturated carbocycles. The number of hydrogen-bond donors (Lipinski definition) is 1. The highest BCUT2D eigenvalue weighted by Gasteiger charge is 2.49. The Balaban J connectivity index is 2.29. The third-order valence-corrected chi connectivity index (χ3v) is 3.59. The Morgan fingerprint density at radius 1 is 1.30 bits per heavy atom. The summed E-state index contributed by atoms with van der Waals surface area (Å²) >= 11 is 0. The maximum Gasteiger partial charge on any atom is 0.341 e. The van der Waals surface area contributed by atoms with Crippen molar-refractivity contribution >= 4 is 18.3 Å². The molecule has 1 fully saturated rings. The number of nitrogens with zero attached hydrogens (tertiary/aromatic N) is 1. The van der Waals surface area contributed by atoms with Crippen LogP contribution in [0.3, 0.4) is 0 Å². The average molecular weight is 323 g/mol. The van der Waals surface area contributed by atoms with E-state index in [4.69, 9.17) is 9.57 Å². The van der Waals surface area contributed by atoms with Gasteiger partial charge in [-0.25, -0.2) is 9.86 Å². The standard InChI is InChI=1S/C15H17NO7/c1-9-11(18)12(22-8-17)13(15(20)21-2)23-16(9)14(19)10-6-4-3-5-7-10/h3-9,11-13,18H,1-2H3. The number of benzene rings is 1. The number of amides is 1.